The number of aliphatic hydroxyl groups is 1. The zero-order valence-corrected chi connectivity index (χ0v) is 10.0. The van der Waals surface area contributed by atoms with Crippen LogP contribution in [0.5, 0.6) is 17.2 Å². The number of hydrogen-bond acceptors (Lipinski definition) is 6. The zero-order chi connectivity index (χ0) is 12.8. The second kappa shape index (κ2) is 6.44. The summed E-state index contributed by atoms with van der Waals surface area (Å²) in [4.78, 5) is 0. The molecule has 1 heterocycles. The van der Waals surface area contributed by atoms with E-state index >= 15 is 0 Å². The predicted octanol–water partition coefficient (Wildman–Crippen LogP) is 0.219. The van der Waals surface area contributed by atoms with Crippen molar-refractivity contribution in [3.05, 3.63) is 17.7 Å². The van der Waals surface area contributed by atoms with Crippen molar-refractivity contribution in [3.63, 3.8) is 0 Å². The minimum absolute atomic E-state index is 0.0307. The molecule has 2 rings (SSSR count). The van der Waals surface area contributed by atoms with E-state index in [1.54, 1.807) is 12.1 Å². The first-order valence-corrected chi connectivity index (χ1v) is 5.82. The first-order chi connectivity index (χ1) is 8.81. The molecule has 18 heavy (non-hydrogen) atoms. The molecular weight excluding hydrogens is 238 g/mol. The van der Waals surface area contributed by atoms with Crippen LogP contribution in [0.25, 0.3) is 0 Å². The molecule has 0 saturated heterocycles. The van der Waals surface area contributed by atoms with E-state index in [9.17, 15) is 5.11 Å². The van der Waals surface area contributed by atoms with E-state index in [-0.39, 0.29) is 19.1 Å². The number of benzene rings is 1. The van der Waals surface area contributed by atoms with Crippen LogP contribution >= 0.6 is 0 Å². The number of nitrogens with one attached hydrogen (secondary N) is 1. The van der Waals surface area contributed by atoms with Gasteiger partial charge in [-0.2, -0.15) is 0 Å². The smallest absolute Gasteiger partial charge is 0.231 e. The Morgan fingerprint density at radius 2 is 2.00 bits per heavy atom. The standard InChI is InChI=1S/C12H17NO5/c14-2-4-16-3-1-13-7-9-5-11-12(6-10(9)15)18-8-17-11/h5-6,13-15H,1-4,7-8H2. The molecule has 1 aliphatic rings. The molecular formula is C12H17NO5. The maximum Gasteiger partial charge on any atom is 0.231 e. The second-order valence-corrected chi connectivity index (χ2v) is 3.85. The lowest BCUT2D eigenvalue weighted by Crippen LogP contribution is -2.20. The van der Waals surface area contributed by atoms with Gasteiger partial charge in [-0.1, -0.05) is 0 Å². The lowest BCUT2D eigenvalue weighted by atomic mass is 10.1. The summed E-state index contributed by atoms with van der Waals surface area (Å²) in [6, 6.07) is 3.32. The molecule has 1 aromatic rings. The third-order valence-electron chi connectivity index (χ3n) is 2.55. The van der Waals surface area contributed by atoms with Crippen molar-refractivity contribution in [2.75, 3.05) is 33.2 Å². The SMILES string of the molecule is OCCOCCNCc1cc2c(cc1O)OCO2. The van der Waals surface area contributed by atoms with Crippen molar-refractivity contribution in [1.82, 2.24) is 5.32 Å². The Hall–Kier alpha value is -1.50. The molecule has 3 N–H and O–H groups in total. The summed E-state index contributed by atoms with van der Waals surface area (Å²) in [7, 11) is 0. The van der Waals surface area contributed by atoms with E-state index in [0.29, 0.717) is 37.8 Å². The highest BCUT2D eigenvalue weighted by atomic mass is 16.7. The highest BCUT2D eigenvalue weighted by molar-refractivity contribution is 5.51. The number of fused-ring (bicyclic) bond motifs is 1. The quantitative estimate of drug-likeness (QED) is 0.605. The Bertz CT molecular complexity index is 396. The van der Waals surface area contributed by atoms with Gasteiger partial charge in [-0.15, -0.1) is 0 Å². The van der Waals surface area contributed by atoms with Crippen LogP contribution in [0.2, 0.25) is 0 Å². The number of ether oxygens (including phenoxy) is 3. The van der Waals surface area contributed by atoms with E-state index in [1.165, 1.54) is 0 Å². The molecule has 0 radical (unpaired) electrons. The van der Waals surface area contributed by atoms with Gasteiger partial charge in [0.15, 0.2) is 11.5 Å². The van der Waals surface area contributed by atoms with Crippen LogP contribution in [0, 0.1) is 0 Å². The van der Waals surface area contributed by atoms with Gasteiger partial charge in [0.2, 0.25) is 6.79 Å². The largest absolute Gasteiger partial charge is 0.507 e. The van der Waals surface area contributed by atoms with Gasteiger partial charge in [0.05, 0.1) is 19.8 Å². The fraction of sp³-hybridized carbons (Fsp3) is 0.500. The highest BCUT2D eigenvalue weighted by Gasteiger charge is 2.16. The molecule has 6 nitrogen and oxygen atoms in total. The lowest BCUT2D eigenvalue weighted by Gasteiger charge is -2.08. The maximum atomic E-state index is 9.78. The molecule has 0 saturated carbocycles. The Morgan fingerprint density at radius 3 is 2.78 bits per heavy atom. The summed E-state index contributed by atoms with van der Waals surface area (Å²) in [6.45, 7) is 2.26. The Balaban J connectivity index is 1.79. The van der Waals surface area contributed by atoms with Gasteiger partial charge in [0.25, 0.3) is 0 Å². The van der Waals surface area contributed by atoms with Crippen molar-refractivity contribution >= 4 is 0 Å². The zero-order valence-electron chi connectivity index (χ0n) is 10.0. The van der Waals surface area contributed by atoms with E-state index in [0.717, 1.165) is 5.56 Å². The lowest BCUT2D eigenvalue weighted by molar-refractivity contribution is 0.0938. The van der Waals surface area contributed by atoms with Crippen LogP contribution in [-0.4, -0.2) is 43.4 Å². The average Bonchev–Trinajstić information content (AvgIpc) is 2.80. The normalized spacial score (nSPS) is 12.9. The Morgan fingerprint density at radius 1 is 1.22 bits per heavy atom. The van der Waals surface area contributed by atoms with Crippen LogP contribution in [-0.2, 0) is 11.3 Å². The minimum atomic E-state index is 0.0307. The van der Waals surface area contributed by atoms with E-state index in [1.807, 2.05) is 0 Å². The van der Waals surface area contributed by atoms with Crippen LogP contribution < -0.4 is 14.8 Å². The molecule has 6 heteroatoms. The van der Waals surface area contributed by atoms with Gasteiger partial charge < -0.3 is 29.7 Å². The molecule has 0 bridgehead atoms. The van der Waals surface area contributed by atoms with Gasteiger partial charge in [-0.3, -0.25) is 0 Å². The number of aromatic hydroxyl groups is 1. The molecule has 0 unspecified atom stereocenters. The average molecular weight is 255 g/mol. The van der Waals surface area contributed by atoms with Gasteiger partial charge in [-0.05, 0) is 6.07 Å². The summed E-state index contributed by atoms with van der Waals surface area (Å²) >= 11 is 0. The number of phenols is 1. The molecule has 0 fully saturated rings. The third kappa shape index (κ3) is 3.25. The Labute approximate surface area is 105 Å². The minimum Gasteiger partial charge on any atom is -0.507 e. The first-order valence-electron chi connectivity index (χ1n) is 5.82. The first kappa shape index (κ1) is 12.9. The van der Waals surface area contributed by atoms with Gasteiger partial charge in [0.1, 0.15) is 5.75 Å². The fourth-order valence-corrected chi connectivity index (χ4v) is 1.65. The number of phenolic OH excluding ortho intramolecular Hbond substituents is 1. The molecule has 0 aromatic heterocycles. The van der Waals surface area contributed by atoms with E-state index < -0.39 is 0 Å². The molecule has 1 aliphatic heterocycles. The molecule has 1 aromatic carbocycles. The molecule has 0 aliphatic carbocycles. The van der Waals surface area contributed by atoms with Crippen molar-refractivity contribution in [1.29, 1.82) is 0 Å². The van der Waals surface area contributed by atoms with Crippen molar-refractivity contribution in [2.45, 2.75) is 6.54 Å². The van der Waals surface area contributed by atoms with E-state index in [4.69, 9.17) is 19.3 Å². The second-order valence-electron chi connectivity index (χ2n) is 3.85. The Kier molecular flexibility index (Phi) is 4.63. The van der Waals surface area contributed by atoms with Crippen molar-refractivity contribution in [2.24, 2.45) is 0 Å². The van der Waals surface area contributed by atoms with Crippen LogP contribution in [0.4, 0.5) is 0 Å². The third-order valence-corrected chi connectivity index (χ3v) is 2.55. The number of aliphatic hydroxyl groups excluding tert-OH is 1. The molecule has 0 amide bonds. The molecule has 0 atom stereocenters. The van der Waals surface area contributed by atoms with Gasteiger partial charge in [-0.25, -0.2) is 0 Å². The molecule has 100 valence electrons. The van der Waals surface area contributed by atoms with Gasteiger partial charge >= 0.3 is 0 Å². The molecule has 0 spiro atoms. The number of hydrogen-bond donors (Lipinski definition) is 3. The van der Waals surface area contributed by atoms with Crippen LogP contribution in [0.15, 0.2) is 12.1 Å². The van der Waals surface area contributed by atoms with Gasteiger partial charge in [0, 0.05) is 24.7 Å². The van der Waals surface area contributed by atoms with Crippen LogP contribution in [0.3, 0.4) is 0 Å². The van der Waals surface area contributed by atoms with Crippen molar-refractivity contribution in [3.8, 4) is 17.2 Å². The topological polar surface area (TPSA) is 80.2 Å². The monoisotopic (exact) mass is 255 g/mol. The fourth-order valence-electron chi connectivity index (χ4n) is 1.65. The summed E-state index contributed by atoms with van der Waals surface area (Å²) in [5, 5.41) is 21.4. The maximum absolute atomic E-state index is 9.78. The van der Waals surface area contributed by atoms with E-state index in [2.05, 4.69) is 5.32 Å². The summed E-state index contributed by atoms with van der Waals surface area (Å²) in [6.07, 6.45) is 0. The number of rotatable bonds is 7. The summed E-state index contributed by atoms with van der Waals surface area (Å²) in [5.41, 5.74) is 0.751. The summed E-state index contributed by atoms with van der Waals surface area (Å²) < 4.78 is 15.5. The van der Waals surface area contributed by atoms with Crippen LogP contribution in [0.1, 0.15) is 5.56 Å². The van der Waals surface area contributed by atoms with Crippen molar-refractivity contribution < 1.29 is 24.4 Å². The predicted molar refractivity (Wildman–Crippen MR) is 63.8 cm³/mol. The summed E-state index contributed by atoms with van der Waals surface area (Å²) in [5.74, 6) is 1.41. The highest BCUT2D eigenvalue weighted by Crippen LogP contribution is 2.37.